The minimum atomic E-state index is -3.58. The Hall–Kier alpha value is -2.29. The first-order valence-corrected chi connectivity index (χ1v) is 11.9. The van der Waals surface area contributed by atoms with E-state index in [1.807, 2.05) is 33.8 Å². The molecule has 0 spiro atoms. The summed E-state index contributed by atoms with van der Waals surface area (Å²) < 4.78 is 41.9. The summed E-state index contributed by atoms with van der Waals surface area (Å²) in [7, 11) is -3.58. The monoisotopic (exact) mass is 447 g/mol. The van der Waals surface area contributed by atoms with E-state index in [4.69, 9.17) is 0 Å². The number of nitrogens with one attached hydrogen (secondary N) is 1. The summed E-state index contributed by atoms with van der Waals surface area (Å²) in [4.78, 5) is 14.6. The smallest absolute Gasteiger partial charge is 0.243 e. The van der Waals surface area contributed by atoms with Crippen LogP contribution in [0.1, 0.15) is 28.7 Å². The molecule has 1 amide bonds. The predicted molar refractivity (Wildman–Crippen MR) is 120 cm³/mol. The number of piperazine rings is 1. The zero-order chi connectivity index (χ0) is 22.8. The molecule has 3 rings (SSSR count). The van der Waals surface area contributed by atoms with Crippen LogP contribution < -0.4 is 5.32 Å². The second-order valence-corrected chi connectivity index (χ2v) is 9.99. The Balaban J connectivity index is 1.58. The number of rotatable bonds is 6. The number of benzene rings is 2. The molecule has 1 heterocycles. The molecule has 0 atom stereocenters. The molecule has 0 radical (unpaired) electrons. The van der Waals surface area contributed by atoms with E-state index in [9.17, 15) is 17.6 Å². The molecule has 1 saturated heterocycles. The quantitative estimate of drug-likeness (QED) is 0.737. The Morgan fingerprint density at radius 1 is 1.00 bits per heavy atom. The van der Waals surface area contributed by atoms with E-state index < -0.39 is 15.8 Å². The van der Waals surface area contributed by atoms with Crippen molar-refractivity contribution in [3.05, 3.63) is 58.4 Å². The highest BCUT2D eigenvalue weighted by Gasteiger charge is 2.31. The van der Waals surface area contributed by atoms with Crippen LogP contribution in [-0.4, -0.2) is 56.3 Å². The summed E-state index contributed by atoms with van der Waals surface area (Å²) in [6.45, 7) is 9.95. The van der Waals surface area contributed by atoms with Gasteiger partial charge in [-0.1, -0.05) is 18.2 Å². The van der Waals surface area contributed by atoms with E-state index in [-0.39, 0.29) is 18.0 Å². The molecule has 6 nitrogen and oxygen atoms in total. The molecule has 0 saturated carbocycles. The fourth-order valence-electron chi connectivity index (χ4n) is 3.93. The molecule has 0 unspecified atom stereocenters. The Bertz CT molecular complexity index is 1050. The van der Waals surface area contributed by atoms with Gasteiger partial charge in [0.15, 0.2) is 0 Å². The highest BCUT2D eigenvalue weighted by molar-refractivity contribution is 7.89. The topological polar surface area (TPSA) is 69.7 Å². The van der Waals surface area contributed by atoms with Crippen molar-refractivity contribution >= 4 is 21.6 Å². The van der Waals surface area contributed by atoms with E-state index in [1.54, 1.807) is 12.1 Å². The first kappa shape index (κ1) is 23.4. The number of hydrogen-bond acceptors (Lipinski definition) is 4. The number of anilines is 1. The van der Waals surface area contributed by atoms with Crippen molar-refractivity contribution in [2.45, 2.75) is 39.0 Å². The van der Waals surface area contributed by atoms with Crippen LogP contribution >= 0.6 is 0 Å². The van der Waals surface area contributed by atoms with Gasteiger partial charge < -0.3 is 10.2 Å². The van der Waals surface area contributed by atoms with Crippen LogP contribution in [0.3, 0.4) is 0 Å². The number of halogens is 1. The predicted octanol–water partition coefficient (Wildman–Crippen LogP) is 3.39. The highest BCUT2D eigenvalue weighted by Crippen LogP contribution is 2.29. The minimum absolute atomic E-state index is 0.169. The number of sulfonamides is 1. The van der Waals surface area contributed by atoms with Gasteiger partial charge in [0.05, 0.1) is 10.6 Å². The molecule has 0 bridgehead atoms. The normalized spacial score (nSPS) is 15.8. The molecule has 1 aliphatic heterocycles. The third-order valence-electron chi connectivity index (χ3n) is 6.03. The molecule has 2 aromatic carbocycles. The van der Waals surface area contributed by atoms with Gasteiger partial charge >= 0.3 is 0 Å². The molecule has 0 aromatic heterocycles. The van der Waals surface area contributed by atoms with Crippen LogP contribution in [0.25, 0.3) is 0 Å². The van der Waals surface area contributed by atoms with Crippen LogP contribution in [0.15, 0.2) is 35.2 Å². The fourth-order valence-corrected chi connectivity index (χ4v) is 5.92. The van der Waals surface area contributed by atoms with E-state index in [1.165, 1.54) is 16.4 Å². The van der Waals surface area contributed by atoms with Crippen molar-refractivity contribution in [3.8, 4) is 0 Å². The number of carbonyl (C=O) groups is 1. The second-order valence-electron chi connectivity index (χ2n) is 8.11. The van der Waals surface area contributed by atoms with Gasteiger partial charge in [-0.2, -0.15) is 4.31 Å². The lowest BCUT2D eigenvalue weighted by molar-refractivity contribution is -0.116. The average Bonchev–Trinajstić information content (AvgIpc) is 2.73. The third-order valence-corrected chi connectivity index (χ3v) is 8.20. The van der Waals surface area contributed by atoms with Gasteiger partial charge in [0.25, 0.3) is 0 Å². The molecular weight excluding hydrogens is 417 g/mol. The van der Waals surface area contributed by atoms with E-state index >= 15 is 0 Å². The number of nitrogens with zero attached hydrogens (tertiary/aromatic N) is 2. The van der Waals surface area contributed by atoms with Gasteiger partial charge in [-0.05, 0) is 62.1 Å². The Morgan fingerprint density at radius 2 is 1.58 bits per heavy atom. The fraction of sp³-hybridized carbons (Fsp3) is 0.435. The molecule has 2 aromatic rings. The summed E-state index contributed by atoms with van der Waals surface area (Å²) in [5.41, 5.74) is 3.72. The largest absolute Gasteiger partial charge is 0.324 e. The van der Waals surface area contributed by atoms with E-state index in [0.29, 0.717) is 37.6 Å². The number of amides is 1. The van der Waals surface area contributed by atoms with Crippen molar-refractivity contribution in [1.82, 2.24) is 9.21 Å². The summed E-state index contributed by atoms with van der Waals surface area (Å²) >= 11 is 0. The maximum absolute atomic E-state index is 13.7. The summed E-state index contributed by atoms with van der Waals surface area (Å²) in [5.74, 6) is -0.728. The van der Waals surface area contributed by atoms with Crippen LogP contribution in [0.2, 0.25) is 0 Å². The zero-order valence-corrected chi connectivity index (χ0v) is 19.4. The summed E-state index contributed by atoms with van der Waals surface area (Å²) in [6, 6.07) is 8.08. The van der Waals surface area contributed by atoms with Gasteiger partial charge in [-0.25, -0.2) is 12.8 Å². The molecule has 31 heavy (non-hydrogen) atoms. The zero-order valence-electron chi connectivity index (χ0n) is 18.5. The highest BCUT2D eigenvalue weighted by atomic mass is 32.2. The Labute approximate surface area is 184 Å². The van der Waals surface area contributed by atoms with Gasteiger partial charge in [0.2, 0.25) is 15.9 Å². The van der Waals surface area contributed by atoms with Crippen molar-refractivity contribution < 1.29 is 17.6 Å². The lowest BCUT2D eigenvalue weighted by Crippen LogP contribution is -2.49. The molecule has 1 N–H and O–H groups in total. The van der Waals surface area contributed by atoms with Crippen molar-refractivity contribution in [3.63, 3.8) is 0 Å². The SMILES string of the molecule is Cc1cc(C)c(C)c(S(=O)(=O)N2CCN(CCC(=O)Nc3ccccc3F)CC2)c1C. The molecule has 1 fully saturated rings. The van der Waals surface area contributed by atoms with Crippen LogP contribution in [0, 0.1) is 33.5 Å². The van der Waals surface area contributed by atoms with Gasteiger partial charge in [0, 0.05) is 39.1 Å². The molecular formula is C23H30FN3O3S. The summed E-state index contributed by atoms with van der Waals surface area (Å²) in [6.07, 6.45) is 0.219. The van der Waals surface area contributed by atoms with Crippen molar-refractivity contribution in [2.75, 3.05) is 38.0 Å². The van der Waals surface area contributed by atoms with Gasteiger partial charge in [-0.15, -0.1) is 0 Å². The Kier molecular flexibility index (Phi) is 7.13. The van der Waals surface area contributed by atoms with E-state index in [0.717, 1.165) is 22.3 Å². The lowest BCUT2D eigenvalue weighted by Gasteiger charge is -2.34. The number of para-hydroxylation sites is 1. The maximum atomic E-state index is 13.7. The number of hydrogen-bond donors (Lipinski definition) is 1. The van der Waals surface area contributed by atoms with Gasteiger partial charge in [-0.3, -0.25) is 4.79 Å². The maximum Gasteiger partial charge on any atom is 0.243 e. The minimum Gasteiger partial charge on any atom is -0.324 e. The first-order chi connectivity index (χ1) is 14.6. The number of aryl methyl sites for hydroxylation is 2. The third kappa shape index (κ3) is 5.14. The van der Waals surface area contributed by atoms with Crippen molar-refractivity contribution in [2.24, 2.45) is 0 Å². The van der Waals surface area contributed by atoms with Crippen LogP contribution in [0.4, 0.5) is 10.1 Å². The first-order valence-electron chi connectivity index (χ1n) is 10.5. The number of carbonyl (C=O) groups excluding carboxylic acids is 1. The second kappa shape index (κ2) is 9.46. The molecule has 168 valence electrons. The lowest BCUT2D eigenvalue weighted by atomic mass is 10.0. The molecule has 8 heteroatoms. The van der Waals surface area contributed by atoms with E-state index in [2.05, 4.69) is 10.2 Å². The standard InChI is InChI=1S/C23H30FN3O3S/c1-16-15-17(2)19(4)23(18(16)3)31(29,30)27-13-11-26(12-14-27)10-9-22(28)25-21-8-6-5-7-20(21)24/h5-8,15H,9-14H2,1-4H3,(H,25,28). The summed E-state index contributed by atoms with van der Waals surface area (Å²) in [5, 5.41) is 2.58. The van der Waals surface area contributed by atoms with Crippen LogP contribution in [0.5, 0.6) is 0 Å². The van der Waals surface area contributed by atoms with Crippen molar-refractivity contribution in [1.29, 1.82) is 0 Å². The molecule has 1 aliphatic rings. The van der Waals surface area contributed by atoms with Gasteiger partial charge in [0.1, 0.15) is 5.82 Å². The molecule has 0 aliphatic carbocycles. The average molecular weight is 448 g/mol. The van der Waals surface area contributed by atoms with Crippen LogP contribution in [-0.2, 0) is 14.8 Å². The Morgan fingerprint density at radius 3 is 2.16 bits per heavy atom.